The second-order valence-corrected chi connectivity index (χ2v) is 6.98. The highest BCUT2D eigenvalue weighted by Crippen LogP contribution is 2.37. The van der Waals surface area contributed by atoms with Gasteiger partial charge in [0, 0.05) is 7.05 Å². The number of hydrogen-bond acceptors (Lipinski definition) is 4. The molecule has 1 saturated carbocycles. The van der Waals surface area contributed by atoms with E-state index in [0.717, 1.165) is 28.1 Å². The van der Waals surface area contributed by atoms with Crippen molar-refractivity contribution < 1.29 is 27.2 Å². The normalized spacial score (nSPS) is 15.7. The molecule has 0 saturated heterocycles. The van der Waals surface area contributed by atoms with Gasteiger partial charge >= 0.3 is 6.18 Å². The summed E-state index contributed by atoms with van der Waals surface area (Å²) < 4.78 is 54.4. The van der Waals surface area contributed by atoms with Crippen LogP contribution in [0, 0.1) is 5.82 Å². The fraction of sp³-hybridized carbons (Fsp3) is 0.444. The number of alkyl halides is 3. The molecule has 0 spiro atoms. The molecule has 1 fully saturated rings. The lowest BCUT2D eigenvalue weighted by Crippen LogP contribution is -2.34. The maximum absolute atomic E-state index is 14.0. The van der Waals surface area contributed by atoms with Crippen molar-refractivity contribution in [2.45, 2.75) is 44.3 Å². The summed E-state index contributed by atoms with van der Waals surface area (Å²) in [6.45, 7) is 1.48. The summed E-state index contributed by atoms with van der Waals surface area (Å²) in [5.74, 6) is -4.86. The molecule has 1 atom stereocenters. The Morgan fingerprint density at radius 3 is 2.45 bits per heavy atom. The van der Waals surface area contributed by atoms with Crippen LogP contribution in [0.5, 0.6) is 0 Å². The smallest absolute Gasteiger partial charge is 0.366 e. The van der Waals surface area contributed by atoms with E-state index in [2.05, 4.69) is 10.1 Å². The summed E-state index contributed by atoms with van der Waals surface area (Å²) in [6, 6.07) is 3.28. The third-order valence-corrected chi connectivity index (χ3v) is 5.05. The van der Waals surface area contributed by atoms with E-state index in [9.17, 15) is 27.2 Å². The number of likely N-dealkylation sites (N-methyl/N-ethyl adjacent to an activating group) is 1. The second-order valence-electron chi connectivity index (χ2n) is 6.98. The van der Waals surface area contributed by atoms with Gasteiger partial charge in [0.05, 0.1) is 17.5 Å². The topological polar surface area (TPSA) is 94.1 Å². The van der Waals surface area contributed by atoms with Gasteiger partial charge in [-0.2, -0.15) is 18.2 Å². The highest BCUT2D eigenvalue weighted by atomic mass is 19.4. The minimum atomic E-state index is -4.74. The number of carbonyl (C=O) groups is 2. The number of nitrogens with zero attached hydrogens (tertiary/aromatic N) is 4. The third kappa shape index (κ3) is 3.94. The van der Waals surface area contributed by atoms with Crippen LogP contribution in [0.4, 0.5) is 23.5 Å². The molecular formula is C18H19F4N5O2. The predicted octanol–water partition coefficient (Wildman–Crippen LogP) is 3.03. The fourth-order valence-corrected chi connectivity index (χ4v) is 3.07. The minimum Gasteiger partial charge on any atom is -0.366 e. The number of halogens is 4. The molecule has 11 heteroatoms. The van der Waals surface area contributed by atoms with Crippen molar-refractivity contribution >= 4 is 17.8 Å². The first-order valence-corrected chi connectivity index (χ1v) is 8.91. The van der Waals surface area contributed by atoms with E-state index in [-0.39, 0.29) is 23.1 Å². The fourth-order valence-electron chi connectivity index (χ4n) is 3.07. The quantitative estimate of drug-likeness (QED) is 0.763. The Morgan fingerprint density at radius 2 is 1.97 bits per heavy atom. The Hall–Kier alpha value is -2.98. The number of nitrogens with two attached hydrogens (primary N) is 1. The lowest BCUT2D eigenvalue weighted by Gasteiger charge is -2.29. The van der Waals surface area contributed by atoms with Gasteiger partial charge in [-0.3, -0.25) is 14.5 Å². The Morgan fingerprint density at radius 1 is 1.31 bits per heavy atom. The number of hydrogen-bond donors (Lipinski definition) is 1. The Bertz CT molecular complexity index is 952. The second kappa shape index (κ2) is 7.45. The monoisotopic (exact) mass is 413 g/mol. The van der Waals surface area contributed by atoms with E-state index >= 15 is 0 Å². The molecule has 156 valence electrons. The molecule has 3 rings (SSSR count). The highest BCUT2D eigenvalue weighted by molar-refractivity contribution is 5.96. The van der Waals surface area contributed by atoms with Gasteiger partial charge in [-0.15, -0.1) is 5.10 Å². The van der Waals surface area contributed by atoms with Crippen LogP contribution in [0.15, 0.2) is 18.2 Å². The molecule has 0 bridgehead atoms. The van der Waals surface area contributed by atoms with Gasteiger partial charge in [-0.05, 0) is 43.9 Å². The van der Waals surface area contributed by atoms with Crippen LogP contribution < -0.4 is 10.6 Å². The van der Waals surface area contributed by atoms with Gasteiger partial charge in [0.1, 0.15) is 5.82 Å². The molecule has 29 heavy (non-hydrogen) atoms. The average Bonchev–Trinajstić information content (AvgIpc) is 3.02. The number of primary amides is 1. The van der Waals surface area contributed by atoms with Crippen LogP contribution in [0.3, 0.4) is 0 Å². The number of anilines is 1. The predicted molar refractivity (Wildman–Crippen MR) is 94.7 cm³/mol. The summed E-state index contributed by atoms with van der Waals surface area (Å²) in [4.78, 5) is 28.5. The van der Waals surface area contributed by atoms with Crippen LogP contribution in [0.1, 0.15) is 59.9 Å². The van der Waals surface area contributed by atoms with Crippen molar-refractivity contribution in [2.24, 2.45) is 5.73 Å². The number of benzene rings is 1. The van der Waals surface area contributed by atoms with Gasteiger partial charge in [-0.1, -0.05) is 6.07 Å². The van der Waals surface area contributed by atoms with Gasteiger partial charge in [0.15, 0.2) is 0 Å². The summed E-state index contributed by atoms with van der Waals surface area (Å²) in [5, 5.41) is 3.56. The summed E-state index contributed by atoms with van der Waals surface area (Å²) in [5.41, 5.74) is 4.99. The molecule has 2 N–H and O–H groups in total. The van der Waals surface area contributed by atoms with Crippen LogP contribution in [0.25, 0.3) is 0 Å². The van der Waals surface area contributed by atoms with E-state index in [0.29, 0.717) is 12.8 Å². The first-order valence-electron chi connectivity index (χ1n) is 8.91. The lowest BCUT2D eigenvalue weighted by atomic mass is 9.93. The zero-order valence-corrected chi connectivity index (χ0v) is 15.7. The molecule has 2 aromatic rings. The Balaban J connectivity index is 1.90. The van der Waals surface area contributed by atoms with E-state index in [1.54, 1.807) is 0 Å². The SMILES string of the molecule is CC(C(=O)N(C)c1nc(C(F)(F)F)nn1C1CCC1)c1ccc(C(N)=O)c(F)c1. The molecule has 1 aliphatic rings. The summed E-state index contributed by atoms with van der Waals surface area (Å²) in [7, 11) is 1.30. The molecule has 0 aliphatic heterocycles. The summed E-state index contributed by atoms with van der Waals surface area (Å²) in [6.07, 6.45) is -2.60. The molecule has 1 aromatic heterocycles. The van der Waals surface area contributed by atoms with Crippen molar-refractivity contribution in [1.29, 1.82) is 0 Å². The van der Waals surface area contributed by atoms with Crippen LogP contribution >= 0.6 is 0 Å². The van der Waals surface area contributed by atoms with Crippen LogP contribution in [0.2, 0.25) is 0 Å². The molecular weight excluding hydrogens is 394 g/mol. The molecule has 2 amide bonds. The minimum absolute atomic E-state index is 0.215. The molecule has 7 nitrogen and oxygen atoms in total. The maximum Gasteiger partial charge on any atom is 0.453 e. The Kier molecular flexibility index (Phi) is 5.33. The van der Waals surface area contributed by atoms with E-state index in [1.165, 1.54) is 20.0 Å². The standard InChI is InChI=1S/C18H19F4N5O2/c1-9(10-6-7-12(14(23)28)13(19)8-10)15(29)26(2)17-24-16(18(20,21)22)25-27(17)11-4-3-5-11/h6-9,11H,3-5H2,1-2H3,(H2,23,28). The zero-order chi connectivity index (χ0) is 21.5. The molecule has 1 heterocycles. The number of amides is 2. The first-order chi connectivity index (χ1) is 13.5. The van der Waals surface area contributed by atoms with Gasteiger partial charge < -0.3 is 5.73 Å². The number of rotatable bonds is 5. The first kappa shape index (κ1) is 20.7. The van der Waals surface area contributed by atoms with Gasteiger partial charge in [-0.25, -0.2) is 9.07 Å². The highest BCUT2D eigenvalue weighted by Gasteiger charge is 2.40. The van der Waals surface area contributed by atoms with Crippen molar-refractivity contribution in [3.8, 4) is 0 Å². The molecule has 1 aromatic carbocycles. The zero-order valence-electron chi connectivity index (χ0n) is 15.7. The maximum atomic E-state index is 14.0. The number of aromatic nitrogens is 3. The van der Waals surface area contributed by atoms with Crippen LogP contribution in [-0.2, 0) is 11.0 Å². The van der Waals surface area contributed by atoms with Crippen molar-refractivity contribution in [2.75, 3.05) is 11.9 Å². The lowest BCUT2D eigenvalue weighted by molar-refractivity contribution is -0.145. The van der Waals surface area contributed by atoms with Crippen molar-refractivity contribution in [1.82, 2.24) is 14.8 Å². The Labute approximate surface area is 163 Å². The van der Waals surface area contributed by atoms with Gasteiger partial charge in [0.2, 0.25) is 11.9 Å². The van der Waals surface area contributed by atoms with Gasteiger partial charge in [0.25, 0.3) is 11.7 Å². The molecule has 0 radical (unpaired) electrons. The molecule has 1 aliphatic carbocycles. The average molecular weight is 413 g/mol. The van der Waals surface area contributed by atoms with E-state index in [1.807, 2.05) is 0 Å². The van der Waals surface area contributed by atoms with Crippen LogP contribution in [-0.4, -0.2) is 33.6 Å². The van der Waals surface area contributed by atoms with E-state index < -0.39 is 35.6 Å². The van der Waals surface area contributed by atoms with Crippen molar-refractivity contribution in [3.63, 3.8) is 0 Å². The molecule has 1 unspecified atom stereocenters. The summed E-state index contributed by atoms with van der Waals surface area (Å²) >= 11 is 0. The number of carbonyl (C=O) groups excluding carboxylic acids is 2. The van der Waals surface area contributed by atoms with E-state index in [4.69, 9.17) is 5.73 Å². The largest absolute Gasteiger partial charge is 0.453 e. The third-order valence-electron chi connectivity index (χ3n) is 5.05. The van der Waals surface area contributed by atoms with Crippen molar-refractivity contribution in [3.05, 3.63) is 41.0 Å².